The highest BCUT2D eigenvalue weighted by molar-refractivity contribution is 6.31. The Labute approximate surface area is 223 Å². The van der Waals surface area contributed by atoms with Gasteiger partial charge in [0.1, 0.15) is 0 Å². The number of amides is 1. The SMILES string of the molecule is CN1CCCC1CCNC(C1=CC=C(NC(=O)C2(c3ccc4c(c3)OCO4)CC2)C1)c1ccccc1Cl. The maximum absolute atomic E-state index is 13.4. The summed E-state index contributed by atoms with van der Waals surface area (Å²) in [5.74, 6) is 1.52. The summed E-state index contributed by atoms with van der Waals surface area (Å²) in [6.07, 6.45) is 10.2. The molecule has 0 radical (unpaired) electrons. The van der Waals surface area contributed by atoms with E-state index in [1.165, 1.54) is 25.0 Å². The molecule has 37 heavy (non-hydrogen) atoms. The number of carbonyl (C=O) groups is 1. The topological polar surface area (TPSA) is 62.8 Å². The summed E-state index contributed by atoms with van der Waals surface area (Å²) in [5, 5.41) is 7.78. The molecule has 2 aromatic rings. The first kappa shape index (κ1) is 24.5. The van der Waals surface area contributed by atoms with Crippen LogP contribution in [-0.4, -0.2) is 43.8 Å². The maximum atomic E-state index is 13.4. The summed E-state index contributed by atoms with van der Waals surface area (Å²) in [6.45, 7) is 2.33. The zero-order valence-corrected chi connectivity index (χ0v) is 22.0. The average Bonchev–Trinajstić information content (AvgIpc) is 3.18. The van der Waals surface area contributed by atoms with E-state index in [1.807, 2.05) is 42.5 Å². The van der Waals surface area contributed by atoms with Crippen LogP contribution in [0.15, 0.2) is 65.9 Å². The van der Waals surface area contributed by atoms with E-state index in [4.69, 9.17) is 21.1 Å². The van der Waals surface area contributed by atoms with Crippen LogP contribution in [0.1, 0.15) is 55.7 Å². The minimum Gasteiger partial charge on any atom is -0.454 e. The van der Waals surface area contributed by atoms with Crippen molar-refractivity contribution in [3.05, 3.63) is 82.0 Å². The summed E-state index contributed by atoms with van der Waals surface area (Å²) < 4.78 is 11.0. The minimum atomic E-state index is -0.488. The molecular weight excluding hydrogens is 486 g/mol. The van der Waals surface area contributed by atoms with Gasteiger partial charge in [0.2, 0.25) is 12.7 Å². The third-order valence-corrected chi connectivity index (χ3v) is 8.71. The lowest BCUT2D eigenvalue weighted by Gasteiger charge is -2.25. The summed E-state index contributed by atoms with van der Waals surface area (Å²) in [5.41, 5.74) is 3.74. The number of halogens is 1. The zero-order chi connectivity index (χ0) is 25.4. The summed E-state index contributed by atoms with van der Waals surface area (Å²) in [4.78, 5) is 15.9. The number of hydrogen-bond acceptors (Lipinski definition) is 5. The van der Waals surface area contributed by atoms with Crippen molar-refractivity contribution in [1.29, 1.82) is 0 Å². The van der Waals surface area contributed by atoms with Crippen molar-refractivity contribution in [3.63, 3.8) is 0 Å². The molecule has 0 bridgehead atoms. The summed E-state index contributed by atoms with van der Waals surface area (Å²) >= 11 is 6.64. The van der Waals surface area contributed by atoms with Crippen LogP contribution in [0.25, 0.3) is 0 Å². The Morgan fingerprint density at radius 2 is 2.00 bits per heavy atom. The van der Waals surface area contributed by atoms with E-state index in [9.17, 15) is 4.79 Å². The molecule has 4 aliphatic rings. The van der Waals surface area contributed by atoms with Gasteiger partial charge in [-0.25, -0.2) is 0 Å². The molecule has 1 amide bonds. The van der Waals surface area contributed by atoms with E-state index < -0.39 is 5.41 Å². The molecule has 2 aliphatic heterocycles. The number of hydrogen-bond donors (Lipinski definition) is 2. The predicted octanol–water partition coefficient (Wildman–Crippen LogP) is 5.25. The molecule has 2 heterocycles. The molecule has 2 aromatic carbocycles. The van der Waals surface area contributed by atoms with Crippen LogP contribution in [0.3, 0.4) is 0 Å². The van der Waals surface area contributed by atoms with Gasteiger partial charge in [0.25, 0.3) is 0 Å². The van der Waals surface area contributed by atoms with Crippen molar-refractivity contribution in [1.82, 2.24) is 15.5 Å². The molecule has 194 valence electrons. The van der Waals surface area contributed by atoms with Crippen LogP contribution in [0.5, 0.6) is 11.5 Å². The fourth-order valence-electron chi connectivity index (χ4n) is 5.95. The molecule has 2 N–H and O–H groups in total. The molecule has 2 aliphatic carbocycles. The number of nitrogens with zero attached hydrogens (tertiary/aromatic N) is 1. The average molecular weight is 520 g/mol. The molecule has 1 saturated carbocycles. The van der Waals surface area contributed by atoms with Gasteiger partial charge < -0.3 is 25.0 Å². The molecule has 2 atom stereocenters. The van der Waals surface area contributed by atoms with Gasteiger partial charge >= 0.3 is 0 Å². The molecule has 6 rings (SSSR count). The number of allylic oxidation sites excluding steroid dienone is 3. The van der Waals surface area contributed by atoms with Crippen molar-refractivity contribution < 1.29 is 14.3 Å². The van der Waals surface area contributed by atoms with Crippen molar-refractivity contribution in [3.8, 4) is 11.5 Å². The van der Waals surface area contributed by atoms with Gasteiger partial charge in [0.15, 0.2) is 11.5 Å². The van der Waals surface area contributed by atoms with Crippen LogP contribution in [0, 0.1) is 0 Å². The van der Waals surface area contributed by atoms with Gasteiger partial charge in [-0.15, -0.1) is 0 Å². The highest BCUT2D eigenvalue weighted by Crippen LogP contribution is 2.51. The number of ether oxygens (including phenoxy) is 2. The first-order valence-electron chi connectivity index (χ1n) is 13.3. The van der Waals surface area contributed by atoms with Crippen LogP contribution in [0.4, 0.5) is 0 Å². The van der Waals surface area contributed by atoms with Crippen molar-refractivity contribution >= 4 is 17.5 Å². The third-order valence-electron chi connectivity index (χ3n) is 8.36. The van der Waals surface area contributed by atoms with E-state index in [-0.39, 0.29) is 18.7 Å². The lowest BCUT2D eigenvalue weighted by atomic mass is 9.94. The quantitative estimate of drug-likeness (QED) is 0.474. The number of rotatable bonds is 9. The number of nitrogens with one attached hydrogen (secondary N) is 2. The Hall–Kier alpha value is -2.80. The fourth-order valence-corrected chi connectivity index (χ4v) is 6.19. The normalized spacial score (nSPS) is 22.5. The lowest BCUT2D eigenvalue weighted by Crippen LogP contribution is -2.34. The molecular formula is C30H34ClN3O3. The van der Waals surface area contributed by atoms with Gasteiger partial charge in [-0.1, -0.05) is 41.9 Å². The molecule has 2 unspecified atom stereocenters. The predicted molar refractivity (Wildman–Crippen MR) is 145 cm³/mol. The Balaban J connectivity index is 1.12. The zero-order valence-electron chi connectivity index (χ0n) is 21.3. The molecule has 0 aromatic heterocycles. The van der Waals surface area contributed by atoms with E-state index in [1.54, 1.807) is 0 Å². The number of carbonyl (C=O) groups excluding carboxylic acids is 1. The molecule has 7 heteroatoms. The summed E-state index contributed by atoms with van der Waals surface area (Å²) in [7, 11) is 2.22. The molecule has 6 nitrogen and oxygen atoms in total. The Kier molecular flexibility index (Phi) is 6.74. The van der Waals surface area contributed by atoms with Gasteiger partial charge in [-0.3, -0.25) is 4.79 Å². The number of benzene rings is 2. The van der Waals surface area contributed by atoms with Gasteiger partial charge in [-0.2, -0.15) is 0 Å². The van der Waals surface area contributed by atoms with Crippen molar-refractivity contribution in [2.24, 2.45) is 0 Å². The minimum absolute atomic E-state index is 0.00908. The Morgan fingerprint density at radius 1 is 1.16 bits per heavy atom. The number of fused-ring (bicyclic) bond motifs is 1. The van der Waals surface area contributed by atoms with E-state index in [0.29, 0.717) is 12.5 Å². The van der Waals surface area contributed by atoms with Gasteiger partial charge in [0.05, 0.1) is 11.5 Å². The fraction of sp³-hybridized carbons (Fsp3) is 0.433. The Morgan fingerprint density at radius 3 is 2.78 bits per heavy atom. The first-order chi connectivity index (χ1) is 18.0. The van der Waals surface area contributed by atoms with Crippen LogP contribution in [-0.2, 0) is 10.2 Å². The van der Waals surface area contributed by atoms with Crippen LogP contribution < -0.4 is 20.1 Å². The maximum Gasteiger partial charge on any atom is 0.234 e. The molecule has 0 spiro atoms. The first-order valence-corrected chi connectivity index (χ1v) is 13.7. The van der Waals surface area contributed by atoms with Crippen molar-refractivity contribution in [2.45, 2.75) is 56.0 Å². The standard InChI is InChI=1S/C30H34ClN3O3/c1-34-16-4-5-23(34)12-15-32-28(24-6-2-3-7-25(24)31)20-8-10-22(17-20)33-29(35)30(13-14-30)21-9-11-26-27(18-21)37-19-36-26/h2-3,6-11,18,23,28,32H,4-5,12-17,19H2,1H3,(H,33,35). The lowest BCUT2D eigenvalue weighted by molar-refractivity contribution is -0.122. The van der Waals surface area contributed by atoms with Gasteiger partial charge in [-0.05, 0) is 93.2 Å². The molecule has 1 saturated heterocycles. The van der Waals surface area contributed by atoms with E-state index in [2.05, 4.69) is 34.7 Å². The monoisotopic (exact) mass is 519 g/mol. The largest absolute Gasteiger partial charge is 0.454 e. The smallest absolute Gasteiger partial charge is 0.234 e. The second kappa shape index (κ2) is 10.2. The van der Waals surface area contributed by atoms with E-state index >= 15 is 0 Å². The number of likely N-dealkylation sites (tertiary alicyclic amines) is 1. The van der Waals surface area contributed by atoms with Gasteiger partial charge in [0, 0.05) is 23.2 Å². The third kappa shape index (κ3) is 4.90. The highest BCUT2D eigenvalue weighted by atomic mass is 35.5. The van der Waals surface area contributed by atoms with Crippen LogP contribution >= 0.6 is 11.6 Å². The van der Waals surface area contributed by atoms with E-state index in [0.717, 1.165) is 59.2 Å². The highest BCUT2D eigenvalue weighted by Gasteiger charge is 2.52. The summed E-state index contributed by atoms with van der Waals surface area (Å²) in [6, 6.07) is 14.5. The second-order valence-electron chi connectivity index (χ2n) is 10.7. The second-order valence-corrected chi connectivity index (χ2v) is 11.1. The van der Waals surface area contributed by atoms with Crippen molar-refractivity contribution in [2.75, 3.05) is 26.9 Å². The van der Waals surface area contributed by atoms with Crippen LogP contribution in [0.2, 0.25) is 5.02 Å². The molecule has 2 fully saturated rings. The Bertz CT molecular complexity index is 1250.